The molecule has 0 atom stereocenters. The summed E-state index contributed by atoms with van der Waals surface area (Å²) >= 11 is 1.94. The SMILES string of the molecule is CC(C)CCSc1ccc(CCN)cc1. The maximum atomic E-state index is 5.51. The molecule has 0 unspecified atom stereocenters. The standard InChI is InChI=1S/C13H21NS/c1-11(2)8-10-15-13-5-3-12(4-6-13)7-9-14/h3-6,11H,7-10,14H2,1-2H3. The second kappa shape index (κ2) is 6.91. The highest BCUT2D eigenvalue weighted by atomic mass is 32.2. The number of rotatable bonds is 6. The smallest absolute Gasteiger partial charge is 0.00721 e. The lowest BCUT2D eigenvalue weighted by Gasteiger charge is -2.05. The van der Waals surface area contributed by atoms with Gasteiger partial charge in [0.1, 0.15) is 0 Å². The molecule has 2 N–H and O–H groups in total. The van der Waals surface area contributed by atoms with E-state index in [9.17, 15) is 0 Å². The molecule has 0 saturated carbocycles. The highest BCUT2D eigenvalue weighted by Crippen LogP contribution is 2.20. The molecule has 1 aromatic rings. The molecule has 15 heavy (non-hydrogen) atoms. The molecule has 1 aromatic carbocycles. The summed E-state index contributed by atoms with van der Waals surface area (Å²) in [5.74, 6) is 2.02. The van der Waals surface area contributed by atoms with Crippen LogP contribution in [0.1, 0.15) is 25.8 Å². The largest absolute Gasteiger partial charge is 0.330 e. The van der Waals surface area contributed by atoms with Crippen LogP contribution in [0.3, 0.4) is 0 Å². The van der Waals surface area contributed by atoms with Crippen molar-refractivity contribution in [3.63, 3.8) is 0 Å². The van der Waals surface area contributed by atoms with Crippen LogP contribution in [0.15, 0.2) is 29.2 Å². The van der Waals surface area contributed by atoms with E-state index in [4.69, 9.17) is 5.73 Å². The monoisotopic (exact) mass is 223 g/mol. The lowest BCUT2D eigenvalue weighted by atomic mass is 10.2. The van der Waals surface area contributed by atoms with E-state index in [1.165, 1.54) is 22.6 Å². The first-order chi connectivity index (χ1) is 7.22. The topological polar surface area (TPSA) is 26.0 Å². The molecule has 1 rings (SSSR count). The summed E-state index contributed by atoms with van der Waals surface area (Å²) in [6.07, 6.45) is 2.27. The van der Waals surface area contributed by atoms with Crippen LogP contribution < -0.4 is 5.73 Å². The summed E-state index contributed by atoms with van der Waals surface area (Å²) in [7, 11) is 0. The van der Waals surface area contributed by atoms with Crippen molar-refractivity contribution in [3.8, 4) is 0 Å². The van der Waals surface area contributed by atoms with Crippen molar-refractivity contribution in [3.05, 3.63) is 29.8 Å². The van der Waals surface area contributed by atoms with Crippen molar-refractivity contribution in [2.24, 2.45) is 11.7 Å². The normalized spacial score (nSPS) is 10.9. The molecule has 1 nitrogen and oxygen atoms in total. The molecule has 0 saturated heterocycles. The molecule has 0 radical (unpaired) electrons. The summed E-state index contributed by atoms with van der Waals surface area (Å²) in [5, 5.41) is 0. The zero-order valence-electron chi connectivity index (χ0n) is 9.70. The van der Waals surface area contributed by atoms with Gasteiger partial charge in [0, 0.05) is 4.90 Å². The zero-order chi connectivity index (χ0) is 11.1. The third-order valence-electron chi connectivity index (χ3n) is 2.32. The van der Waals surface area contributed by atoms with Crippen LogP contribution in [0.25, 0.3) is 0 Å². The summed E-state index contributed by atoms with van der Waals surface area (Å²) in [6, 6.07) is 8.78. The van der Waals surface area contributed by atoms with Crippen LogP contribution in [-0.2, 0) is 6.42 Å². The quantitative estimate of drug-likeness (QED) is 0.749. The Kier molecular flexibility index (Phi) is 5.81. The summed E-state index contributed by atoms with van der Waals surface area (Å²) in [4.78, 5) is 1.37. The maximum Gasteiger partial charge on any atom is 0.00721 e. The van der Waals surface area contributed by atoms with Gasteiger partial charge in [-0.05, 0) is 48.8 Å². The van der Waals surface area contributed by atoms with E-state index in [0.29, 0.717) is 0 Å². The molecule has 2 heteroatoms. The van der Waals surface area contributed by atoms with Crippen molar-refractivity contribution in [2.45, 2.75) is 31.6 Å². The minimum atomic E-state index is 0.736. The predicted octanol–water partition coefficient (Wildman–Crippen LogP) is 3.33. The molecule has 0 aliphatic carbocycles. The molecule has 84 valence electrons. The van der Waals surface area contributed by atoms with Gasteiger partial charge in [-0.2, -0.15) is 0 Å². The van der Waals surface area contributed by atoms with Crippen molar-refractivity contribution in [2.75, 3.05) is 12.3 Å². The Bertz CT molecular complexity index is 266. The van der Waals surface area contributed by atoms with Gasteiger partial charge in [0.15, 0.2) is 0 Å². The Morgan fingerprint density at radius 3 is 2.40 bits per heavy atom. The van der Waals surface area contributed by atoms with E-state index >= 15 is 0 Å². The Hall–Kier alpha value is -0.470. The molecular weight excluding hydrogens is 202 g/mol. The van der Waals surface area contributed by atoms with Crippen molar-refractivity contribution in [1.29, 1.82) is 0 Å². The van der Waals surface area contributed by atoms with Gasteiger partial charge < -0.3 is 5.73 Å². The lowest BCUT2D eigenvalue weighted by Crippen LogP contribution is -2.02. The second-order valence-corrected chi connectivity index (χ2v) is 5.38. The fraction of sp³-hybridized carbons (Fsp3) is 0.538. The van der Waals surface area contributed by atoms with Crippen molar-refractivity contribution in [1.82, 2.24) is 0 Å². The van der Waals surface area contributed by atoms with Crippen molar-refractivity contribution < 1.29 is 0 Å². The molecular formula is C13H21NS. The minimum Gasteiger partial charge on any atom is -0.330 e. The molecule has 0 amide bonds. The van der Waals surface area contributed by atoms with Crippen LogP contribution in [0, 0.1) is 5.92 Å². The molecule has 0 bridgehead atoms. The molecule has 0 fully saturated rings. The van der Waals surface area contributed by atoms with Crippen molar-refractivity contribution >= 4 is 11.8 Å². The zero-order valence-corrected chi connectivity index (χ0v) is 10.5. The first-order valence-electron chi connectivity index (χ1n) is 5.64. The van der Waals surface area contributed by atoms with Crippen LogP contribution in [0.4, 0.5) is 0 Å². The van der Waals surface area contributed by atoms with E-state index in [2.05, 4.69) is 38.1 Å². The van der Waals surface area contributed by atoms with Crippen LogP contribution in [0.2, 0.25) is 0 Å². The van der Waals surface area contributed by atoms with Gasteiger partial charge in [-0.25, -0.2) is 0 Å². The molecule has 0 heterocycles. The summed E-state index contributed by atoms with van der Waals surface area (Å²) < 4.78 is 0. The Morgan fingerprint density at radius 2 is 1.87 bits per heavy atom. The Morgan fingerprint density at radius 1 is 1.20 bits per heavy atom. The molecule has 0 aliphatic heterocycles. The number of nitrogens with two attached hydrogens (primary N) is 1. The predicted molar refractivity (Wildman–Crippen MR) is 69.4 cm³/mol. The number of benzene rings is 1. The van der Waals surface area contributed by atoms with E-state index in [-0.39, 0.29) is 0 Å². The van der Waals surface area contributed by atoms with Crippen LogP contribution in [0.5, 0.6) is 0 Å². The van der Waals surface area contributed by atoms with Gasteiger partial charge in [0.05, 0.1) is 0 Å². The van der Waals surface area contributed by atoms with E-state index in [1.807, 2.05) is 11.8 Å². The average Bonchev–Trinajstić information content (AvgIpc) is 2.20. The van der Waals surface area contributed by atoms with E-state index < -0.39 is 0 Å². The van der Waals surface area contributed by atoms with Gasteiger partial charge in [0.25, 0.3) is 0 Å². The highest BCUT2D eigenvalue weighted by molar-refractivity contribution is 7.99. The maximum absolute atomic E-state index is 5.51. The molecule has 0 spiro atoms. The first-order valence-corrected chi connectivity index (χ1v) is 6.62. The second-order valence-electron chi connectivity index (χ2n) is 4.21. The first kappa shape index (κ1) is 12.6. The Labute approximate surface area is 97.4 Å². The molecule has 0 aliphatic rings. The van der Waals surface area contributed by atoms with Crippen LogP contribution >= 0.6 is 11.8 Å². The van der Waals surface area contributed by atoms with Gasteiger partial charge in [0.2, 0.25) is 0 Å². The van der Waals surface area contributed by atoms with E-state index in [0.717, 1.165) is 18.9 Å². The number of hydrogen-bond acceptors (Lipinski definition) is 2. The third kappa shape index (κ3) is 5.24. The number of hydrogen-bond donors (Lipinski definition) is 1. The van der Waals surface area contributed by atoms with E-state index in [1.54, 1.807) is 0 Å². The highest BCUT2D eigenvalue weighted by Gasteiger charge is 1.97. The lowest BCUT2D eigenvalue weighted by molar-refractivity contribution is 0.632. The van der Waals surface area contributed by atoms with Gasteiger partial charge >= 0.3 is 0 Å². The van der Waals surface area contributed by atoms with Gasteiger partial charge in [-0.15, -0.1) is 11.8 Å². The van der Waals surface area contributed by atoms with Crippen LogP contribution in [-0.4, -0.2) is 12.3 Å². The minimum absolute atomic E-state index is 0.736. The van der Waals surface area contributed by atoms with Gasteiger partial charge in [-0.1, -0.05) is 26.0 Å². The van der Waals surface area contributed by atoms with Gasteiger partial charge in [-0.3, -0.25) is 0 Å². The fourth-order valence-electron chi connectivity index (χ4n) is 1.33. The summed E-state index contributed by atoms with van der Waals surface area (Å²) in [6.45, 7) is 5.27. The average molecular weight is 223 g/mol. The molecule has 0 aromatic heterocycles. The third-order valence-corrected chi connectivity index (χ3v) is 3.37. The Balaban J connectivity index is 2.36. The number of thioether (sulfide) groups is 1. The fourth-order valence-corrected chi connectivity index (χ4v) is 2.48. The summed E-state index contributed by atoms with van der Waals surface area (Å²) in [5.41, 5.74) is 6.85.